The average Bonchev–Trinajstić information content (AvgIpc) is 2.92. The number of furan rings is 1. The number of fused-ring (bicyclic) bond motifs is 1. The predicted octanol–water partition coefficient (Wildman–Crippen LogP) is 2.65. The van der Waals surface area contributed by atoms with Crippen LogP contribution in [0.4, 0.5) is 0 Å². The van der Waals surface area contributed by atoms with Crippen LogP contribution in [0.5, 0.6) is 0 Å². The van der Waals surface area contributed by atoms with Gasteiger partial charge in [-0.2, -0.15) is 0 Å². The van der Waals surface area contributed by atoms with Crippen molar-refractivity contribution in [2.45, 2.75) is 32.9 Å². The monoisotopic (exact) mass is 319 g/mol. The molecular weight excluding hydrogens is 298 g/mol. The first-order chi connectivity index (χ1) is 11.1. The van der Waals surface area contributed by atoms with Gasteiger partial charge in [-0.15, -0.1) is 0 Å². The van der Waals surface area contributed by atoms with Crippen LogP contribution in [0.25, 0.3) is 11.0 Å². The van der Waals surface area contributed by atoms with Crippen molar-refractivity contribution in [1.29, 1.82) is 0 Å². The third kappa shape index (κ3) is 4.10. The molecule has 0 aliphatic carbocycles. The molecule has 23 heavy (non-hydrogen) atoms. The maximum atomic E-state index is 12.2. The Balaban J connectivity index is 2.11. The molecule has 6 heteroatoms. The van der Waals surface area contributed by atoms with E-state index in [1.165, 1.54) is 7.11 Å². The van der Waals surface area contributed by atoms with Crippen LogP contribution in [0.3, 0.4) is 0 Å². The fourth-order valence-electron chi connectivity index (χ4n) is 2.17. The Hall–Kier alpha value is -2.34. The fourth-order valence-corrected chi connectivity index (χ4v) is 2.17. The molecular formula is C17H21NO5. The van der Waals surface area contributed by atoms with E-state index >= 15 is 0 Å². The number of rotatable bonds is 7. The minimum atomic E-state index is -0.674. The second kappa shape index (κ2) is 7.78. The Morgan fingerprint density at radius 2 is 2.04 bits per heavy atom. The van der Waals surface area contributed by atoms with E-state index in [-0.39, 0.29) is 30.9 Å². The van der Waals surface area contributed by atoms with Gasteiger partial charge < -0.3 is 19.2 Å². The molecule has 1 aromatic carbocycles. The summed E-state index contributed by atoms with van der Waals surface area (Å²) in [7, 11) is 1.54. The molecule has 1 amide bonds. The number of hydrogen-bond donors (Lipinski definition) is 1. The number of ether oxygens (including phenoxy) is 2. The van der Waals surface area contributed by atoms with Crippen molar-refractivity contribution in [1.82, 2.24) is 5.32 Å². The molecule has 0 aliphatic rings. The lowest BCUT2D eigenvalue weighted by atomic mass is 10.1. The van der Waals surface area contributed by atoms with Crippen molar-refractivity contribution in [3.8, 4) is 0 Å². The third-order valence-corrected chi connectivity index (χ3v) is 3.53. The highest BCUT2D eigenvalue weighted by Gasteiger charge is 2.22. The van der Waals surface area contributed by atoms with Gasteiger partial charge in [0.15, 0.2) is 6.61 Å². The normalized spacial score (nSPS) is 12.1. The lowest BCUT2D eigenvalue weighted by Crippen LogP contribution is -2.35. The molecule has 124 valence electrons. The molecule has 0 spiro atoms. The number of methoxy groups -OCH3 is 1. The van der Waals surface area contributed by atoms with Gasteiger partial charge in [-0.1, -0.05) is 25.1 Å². The number of nitrogens with one attached hydrogen (secondary N) is 1. The zero-order valence-electron chi connectivity index (χ0n) is 13.5. The molecule has 0 fully saturated rings. The maximum absolute atomic E-state index is 12.2. The van der Waals surface area contributed by atoms with Gasteiger partial charge in [0.1, 0.15) is 5.58 Å². The van der Waals surface area contributed by atoms with Gasteiger partial charge in [-0.3, -0.25) is 4.79 Å². The Morgan fingerprint density at radius 1 is 1.30 bits per heavy atom. The van der Waals surface area contributed by atoms with Crippen molar-refractivity contribution in [2.24, 2.45) is 0 Å². The van der Waals surface area contributed by atoms with Crippen LogP contribution in [0.15, 0.2) is 28.7 Å². The summed E-state index contributed by atoms with van der Waals surface area (Å²) in [6.07, 6.45) is 0.807. The number of amides is 1. The average molecular weight is 319 g/mol. The summed E-state index contributed by atoms with van der Waals surface area (Å²) in [4.78, 5) is 23.9. The topological polar surface area (TPSA) is 77.8 Å². The van der Waals surface area contributed by atoms with E-state index in [1.54, 1.807) is 6.07 Å². The third-order valence-electron chi connectivity index (χ3n) is 3.53. The molecule has 0 saturated heterocycles. The first-order valence-corrected chi connectivity index (χ1v) is 7.52. The summed E-state index contributed by atoms with van der Waals surface area (Å²) < 4.78 is 15.7. The van der Waals surface area contributed by atoms with E-state index in [2.05, 4.69) is 5.32 Å². The SMILES string of the molecule is CC[C@@H](C)NC(=O)COC(=O)c1oc2ccccc2c1COC. The molecule has 0 radical (unpaired) electrons. The fraction of sp³-hybridized carbons (Fsp3) is 0.412. The van der Waals surface area contributed by atoms with Gasteiger partial charge in [-0.25, -0.2) is 4.79 Å². The Morgan fingerprint density at radius 3 is 2.74 bits per heavy atom. The van der Waals surface area contributed by atoms with Crippen LogP contribution >= 0.6 is 0 Å². The molecule has 6 nitrogen and oxygen atoms in total. The number of carbonyl (C=O) groups is 2. The van der Waals surface area contributed by atoms with Crippen LogP contribution in [0.2, 0.25) is 0 Å². The van der Waals surface area contributed by atoms with Gasteiger partial charge >= 0.3 is 5.97 Å². The van der Waals surface area contributed by atoms with Crippen molar-refractivity contribution in [2.75, 3.05) is 13.7 Å². The largest absolute Gasteiger partial charge is 0.450 e. The van der Waals surface area contributed by atoms with E-state index in [0.717, 1.165) is 11.8 Å². The van der Waals surface area contributed by atoms with E-state index in [0.29, 0.717) is 11.1 Å². The van der Waals surface area contributed by atoms with E-state index in [1.807, 2.05) is 32.0 Å². The van der Waals surface area contributed by atoms with Gasteiger partial charge in [-0.05, 0) is 19.4 Å². The second-order valence-corrected chi connectivity index (χ2v) is 5.29. The van der Waals surface area contributed by atoms with Crippen LogP contribution in [0.1, 0.15) is 36.4 Å². The highest BCUT2D eigenvalue weighted by molar-refractivity contribution is 5.96. The number of carbonyl (C=O) groups excluding carboxylic acids is 2. The Labute approximate surface area is 134 Å². The van der Waals surface area contributed by atoms with Crippen LogP contribution in [0, 0.1) is 0 Å². The van der Waals surface area contributed by atoms with E-state index in [4.69, 9.17) is 13.9 Å². The summed E-state index contributed by atoms with van der Waals surface area (Å²) in [5.74, 6) is -0.936. The molecule has 2 aromatic rings. The highest BCUT2D eigenvalue weighted by atomic mass is 16.5. The van der Waals surface area contributed by atoms with Crippen molar-refractivity contribution < 1.29 is 23.5 Å². The molecule has 0 saturated carbocycles. The maximum Gasteiger partial charge on any atom is 0.375 e. The molecule has 0 unspecified atom stereocenters. The summed E-state index contributed by atoms with van der Waals surface area (Å²) in [5.41, 5.74) is 1.20. The lowest BCUT2D eigenvalue weighted by Gasteiger charge is -2.11. The van der Waals surface area contributed by atoms with Crippen LogP contribution < -0.4 is 5.32 Å². The number of para-hydroxylation sites is 1. The van der Waals surface area contributed by atoms with Crippen LogP contribution in [-0.2, 0) is 20.9 Å². The zero-order valence-corrected chi connectivity index (χ0v) is 13.5. The predicted molar refractivity (Wildman–Crippen MR) is 85.1 cm³/mol. The van der Waals surface area contributed by atoms with Crippen LogP contribution in [-0.4, -0.2) is 31.6 Å². The summed E-state index contributed by atoms with van der Waals surface area (Å²) in [5, 5.41) is 3.53. The quantitative estimate of drug-likeness (QED) is 0.794. The first kappa shape index (κ1) is 17.0. The summed E-state index contributed by atoms with van der Waals surface area (Å²) >= 11 is 0. The smallest absolute Gasteiger partial charge is 0.375 e. The van der Waals surface area contributed by atoms with Gasteiger partial charge in [0, 0.05) is 24.1 Å². The Kier molecular flexibility index (Phi) is 5.76. The Bertz CT molecular complexity index is 691. The van der Waals surface area contributed by atoms with E-state index < -0.39 is 5.97 Å². The highest BCUT2D eigenvalue weighted by Crippen LogP contribution is 2.27. The number of benzene rings is 1. The lowest BCUT2D eigenvalue weighted by molar-refractivity contribution is -0.124. The van der Waals surface area contributed by atoms with Crippen molar-refractivity contribution >= 4 is 22.8 Å². The van der Waals surface area contributed by atoms with Gasteiger partial charge in [0.25, 0.3) is 5.91 Å². The number of hydrogen-bond acceptors (Lipinski definition) is 5. The minimum absolute atomic E-state index is 0.0384. The molecule has 2 rings (SSSR count). The minimum Gasteiger partial charge on any atom is -0.450 e. The summed E-state index contributed by atoms with van der Waals surface area (Å²) in [6, 6.07) is 7.32. The van der Waals surface area contributed by atoms with Gasteiger partial charge in [0.05, 0.1) is 6.61 Å². The number of esters is 1. The summed E-state index contributed by atoms with van der Waals surface area (Å²) in [6.45, 7) is 3.73. The molecule has 1 heterocycles. The molecule has 0 aliphatic heterocycles. The molecule has 0 bridgehead atoms. The zero-order chi connectivity index (χ0) is 16.8. The van der Waals surface area contributed by atoms with Gasteiger partial charge in [0.2, 0.25) is 5.76 Å². The first-order valence-electron chi connectivity index (χ1n) is 7.52. The standard InChI is InChI=1S/C17H21NO5/c1-4-11(2)18-15(19)10-22-17(20)16-13(9-21-3)12-7-5-6-8-14(12)23-16/h5-8,11H,4,9-10H2,1-3H3,(H,18,19)/t11-/m1/s1. The molecule has 1 N–H and O–H groups in total. The molecule has 1 aromatic heterocycles. The molecule has 1 atom stereocenters. The van der Waals surface area contributed by atoms with Crippen molar-refractivity contribution in [3.05, 3.63) is 35.6 Å². The second-order valence-electron chi connectivity index (χ2n) is 5.29. The van der Waals surface area contributed by atoms with Crippen molar-refractivity contribution in [3.63, 3.8) is 0 Å². The van der Waals surface area contributed by atoms with E-state index in [9.17, 15) is 9.59 Å².